The SMILES string of the molecule is CCNC(c1ccc(F)cc1)c1ccc(F)c(OC)c1. The molecule has 0 spiro atoms. The molecule has 0 radical (unpaired) electrons. The predicted molar refractivity (Wildman–Crippen MR) is 74.9 cm³/mol. The summed E-state index contributed by atoms with van der Waals surface area (Å²) in [7, 11) is 1.43. The minimum absolute atomic E-state index is 0.130. The Labute approximate surface area is 117 Å². The molecule has 0 aliphatic heterocycles. The second-order valence-corrected chi connectivity index (χ2v) is 4.44. The van der Waals surface area contributed by atoms with Gasteiger partial charge in [-0.1, -0.05) is 25.1 Å². The molecule has 0 aromatic heterocycles. The van der Waals surface area contributed by atoms with Crippen LogP contribution in [0.3, 0.4) is 0 Å². The third kappa shape index (κ3) is 3.14. The highest BCUT2D eigenvalue weighted by Gasteiger charge is 2.15. The van der Waals surface area contributed by atoms with Gasteiger partial charge >= 0.3 is 0 Å². The zero-order chi connectivity index (χ0) is 14.5. The Morgan fingerprint density at radius 1 is 1.05 bits per heavy atom. The maximum atomic E-state index is 13.5. The Kier molecular flexibility index (Phi) is 4.69. The molecule has 1 atom stereocenters. The highest BCUT2D eigenvalue weighted by Crippen LogP contribution is 2.27. The maximum absolute atomic E-state index is 13.5. The van der Waals surface area contributed by atoms with Crippen LogP contribution in [-0.4, -0.2) is 13.7 Å². The molecule has 2 aromatic carbocycles. The van der Waals surface area contributed by atoms with Crippen molar-refractivity contribution in [2.24, 2.45) is 0 Å². The molecule has 0 aliphatic rings. The van der Waals surface area contributed by atoms with Crippen LogP contribution in [0.5, 0.6) is 5.75 Å². The van der Waals surface area contributed by atoms with Crippen LogP contribution in [0.25, 0.3) is 0 Å². The smallest absolute Gasteiger partial charge is 0.165 e. The average molecular weight is 277 g/mol. The van der Waals surface area contributed by atoms with E-state index < -0.39 is 5.82 Å². The summed E-state index contributed by atoms with van der Waals surface area (Å²) >= 11 is 0. The molecular formula is C16H17F2NO. The molecule has 0 amide bonds. The Morgan fingerprint density at radius 2 is 1.70 bits per heavy atom. The van der Waals surface area contributed by atoms with E-state index in [0.29, 0.717) is 0 Å². The van der Waals surface area contributed by atoms with Gasteiger partial charge in [0.15, 0.2) is 11.6 Å². The van der Waals surface area contributed by atoms with Gasteiger partial charge in [0.1, 0.15) is 5.82 Å². The Morgan fingerprint density at radius 3 is 2.30 bits per heavy atom. The lowest BCUT2D eigenvalue weighted by atomic mass is 9.98. The molecule has 0 heterocycles. The number of hydrogen-bond acceptors (Lipinski definition) is 2. The van der Waals surface area contributed by atoms with Crippen LogP contribution in [0.4, 0.5) is 8.78 Å². The fourth-order valence-electron chi connectivity index (χ4n) is 2.14. The molecule has 2 rings (SSSR count). The van der Waals surface area contributed by atoms with E-state index in [4.69, 9.17) is 4.74 Å². The first-order valence-corrected chi connectivity index (χ1v) is 6.48. The fourth-order valence-corrected chi connectivity index (χ4v) is 2.14. The van der Waals surface area contributed by atoms with Gasteiger partial charge in [0.25, 0.3) is 0 Å². The monoisotopic (exact) mass is 277 g/mol. The van der Waals surface area contributed by atoms with Gasteiger partial charge in [0.05, 0.1) is 13.2 Å². The summed E-state index contributed by atoms with van der Waals surface area (Å²) < 4.78 is 31.5. The fraction of sp³-hybridized carbons (Fsp3) is 0.250. The number of nitrogens with one attached hydrogen (secondary N) is 1. The first-order chi connectivity index (χ1) is 9.65. The van der Waals surface area contributed by atoms with E-state index >= 15 is 0 Å². The van der Waals surface area contributed by atoms with Gasteiger partial charge in [0, 0.05) is 0 Å². The summed E-state index contributed by atoms with van der Waals surface area (Å²) in [6.45, 7) is 2.72. The van der Waals surface area contributed by atoms with Crippen molar-refractivity contribution in [1.82, 2.24) is 5.32 Å². The largest absolute Gasteiger partial charge is 0.494 e. The van der Waals surface area contributed by atoms with E-state index in [9.17, 15) is 8.78 Å². The van der Waals surface area contributed by atoms with Gasteiger partial charge in [-0.25, -0.2) is 8.78 Å². The van der Waals surface area contributed by atoms with E-state index in [-0.39, 0.29) is 17.6 Å². The van der Waals surface area contributed by atoms with E-state index in [1.807, 2.05) is 6.92 Å². The lowest BCUT2D eigenvalue weighted by Crippen LogP contribution is -2.22. The van der Waals surface area contributed by atoms with Crippen molar-refractivity contribution in [2.45, 2.75) is 13.0 Å². The van der Waals surface area contributed by atoms with E-state index in [0.717, 1.165) is 17.7 Å². The summed E-state index contributed by atoms with van der Waals surface area (Å²) in [6, 6.07) is 10.9. The first-order valence-electron chi connectivity index (χ1n) is 6.48. The topological polar surface area (TPSA) is 21.3 Å². The van der Waals surface area contributed by atoms with E-state index in [2.05, 4.69) is 5.32 Å². The third-order valence-corrected chi connectivity index (χ3v) is 3.12. The minimum atomic E-state index is -0.398. The van der Waals surface area contributed by atoms with Crippen LogP contribution < -0.4 is 10.1 Å². The number of benzene rings is 2. The van der Waals surface area contributed by atoms with Crippen LogP contribution in [0.2, 0.25) is 0 Å². The third-order valence-electron chi connectivity index (χ3n) is 3.12. The molecule has 4 heteroatoms. The molecule has 106 valence electrons. The second-order valence-electron chi connectivity index (χ2n) is 4.44. The molecular weight excluding hydrogens is 260 g/mol. The lowest BCUT2D eigenvalue weighted by molar-refractivity contribution is 0.385. The molecule has 0 aliphatic carbocycles. The van der Waals surface area contributed by atoms with Crippen molar-refractivity contribution in [2.75, 3.05) is 13.7 Å². The summed E-state index contributed by atoms with van der Waals surface area (Å²) in [5, 5.41) is 3.30. The molecule has 2 nitrogen and oxygen atoms in total. The van der Waals surface area contributed by atoms with Gasteiger partial charge in [-0.05, 0) is 41.9 Å². The van der Waals surface area contributed by atoms with E-state index in [1.54, 1.807) is 24.3 Å². The van der Waals surface area contributed by atoms with Gasteiger partial charge < -0.3 is 10.1 Å². The lowest BCUT2D eigenvalue weighted by Gasteiger charge is -2.19. The molecule has 0 saturated heterocycles. The second kappa shape index (κ2) is 6.48. The quantitative estimate of drug-likeness (QED) is 0.900. The standard InChI is InChI=1S/C16H17F2NO/c1-3-19-16(11-4-7-13(17)8-5-11)12-6-9-14(18)15(10-12)20-2/h4-10,16,19H,3H2,1-2H3. The molecule has 0 saturated carbocycles. The Balaban J connectivity index is 2.39. The summed E-state index contributed by atoms with van der Waals surface area (Å²) in [5.41, 5.74) is 1.79. The van der Waals surface area contributed by atoms with Gasteiger partial charge in [-0.3, -0.25) is 0 Å². The van der Waals surface area contributed by atoms with Crippen molar-refractivity contribution in [3.05, 3.63) is 65.2 Å². The number of hydrogen-bond donors (Lipinski definition) is 1. The minimum Gasteiger partial charge on any atom is -0.494 e. The molecule has 2 aromatic rings. The molecule has 1 unspecified atom stereocenters. The first kappa shape index (κ1) is 14.5. The average Bonchev–Trinajstić information content (AvgIpc) is 2.47. The molecule has 20 heavy (non-hydrogen) atoms. The Hall–Kier alpha value is -1.94. The van der Waals surface area contributed by atoms with Crippen LogP contribution in [0, 0.1) is 11.6 Å². The number of ether oxygens (including phenoxy) is 1. The summed E-state index contributed by atoms with van der Waals surface area (Å²) in [6.07, 6.45) is 0. The van der Waals surface area contributed by atoms with Gasteiger partial charge in [0.2, 0.25) is 0 Å². The van der Waals surface area contributed by atoms with Crippen LogP contribution in [0.1, 0.15) is 24.1 Å². The van der Waals surface area contributed by atoms with Gasteiger partial charge in [-0.15, -0.1) is 0 Å². The van der Waals surface area contributed by atoms with Crippen LogP contribution in [-0.2, 0) is 0 Å². The van der Waals surface area contributed by atoms with Crippen molar-refractivity contribution in [3.8, 4) is 5.75 Å². The molecule has 0 bridgehead atoms. The van der Waals surface area contributed by atoms with Crippen molar-refractivity contribution < 1.29 is 13.5 Å². The molecule has 1 N–H and O–H groups in total. The number of rotatable bonds is 5. The number of methoxy groups -OCH3 is 1. The van der Waals surface area contributed by atoms with Crippen LogP contribution in [0.15, 0.2) is 42.5 Å². The van der Waals surface area contributed by atoms with E-state index in [1.165, 1.54) is 25.3 Å². The summed E-state index contributed by atoms with van der Waals surface area (Å²) in [5.74, 6) is -0.473. The molecule has 0 fully saturated rings. The summed E-state index contributed by atoms with van der Waals surface area (Å²) in [4.78, 5) is 0. The maximum Gasteiger partial charge on any atom is 0.165 e. The zero-order valence-corrected chi connectivity index (χ0v) is 11.5. The highest BCUT2D eigenvalue weighted by atomic mass is 19.1. The van der Waals surface area contributed by atoms with Gasteiger partial charge in [-0.2, -0.15) is 0 Å². The number of halogens is 2. The van der Waals surface area contributed by atoms with Crippen molar-refractivity contribution in [3.63, 3.8) is 0 Å². The van der Waals surface area contributed by atoms with Crippen molar-refractivity contribution in [1.29, 1.82) is 0 Å². The highest BCUT2D eigenvalue weighted by molar-refractivity contribution is 5.37. The zero-order valence-electron chi connectivity index (χ0n) is 11.5. The Bertz CT molecular complexity index is 569. The normalized spacial score (nSPS) is 12.2. The van der Waals surface area contributed by atoms with Crippen LogP contribution >= 0.6 is 0 Å². The van der Waals surface area contributed by atoms with Crippen molar-refractivity contribution >= 4 is 0 Å². The predicted octanol–water partition coefficient (Wildman–Crippen LogP) is 3.67.